The number of para-hydroxylation sites is 1. The lowest BCUT2D eigenvalue weighted by atomic mass is 10.1. The van der Waals surface area contributed by atoms with Crippen LogP contribution in [0.15, 0.2) is 114 Å². The molecule has 2 heterocycles. The topological polar surface area (TPSA) is 3.24 Å². The Morgan fingerprint density at radius 1 is 0.528 bits per heavy atom. The van der Waals surface area contributed by atoms with E-state index in [-0.39, 0.29) is 0 Å². The first kappa shape index (κ1) is 23.2. The average Bonchev–Trinajstić information content (AvgIpc) is 3.50. The fraction of sp³-hybridized carbons (Fsp3) is 0.0625. The quantitative estimate of drug-likeness (QED) is 0.206. The van der Waals surface area contributed by atoms with Crippen molar-refractivity contribution < 1.29 is 0 Å². The van der Waals surface area contributed by atoms with E-state index in [1.54, 1.807) is 0 Å². The molecule has 0 aliphatic carbocycles. The van der Waals surface area contributed by atoms with Crippen molar-refractivity contribution in [3.05, 3.63) is 114 Å². The minimum Gasteiger partial charge on any atom is -0.309 e. The number of hydrogen-bond donors (Lipinski definition) is 0. The molecule has 1 nitrogen and oxygen atoms in total. The molecule has 5 aromatic carbocycles. The highest BCUT2D eigenvalue weighted by molar-refractivity contribution is 9.10. The highest BCUT2D eigenvalue weighted by Gasteiger charge is 2.20. The molecule has 0 aliphatic rings. The van der Waals surface area contributed by atoms with Crippen LogP contribution in [0.3, 0.4) is 0 Å². The Morgan fingerprint density at radius 2 is 1.11 bits per heavy atom. The first-order chi connectivity index (χ1) is 17.8. The number of benzene rings is 5. The minimum atomic E-state index is 1.13. The molecular weight excluding hydrogens is 542 g/mol. The van der Waals surface area contributed by atoms with Gasteiger partial charge in [0.15, 0.2) is 0 Å². The lowest BCUT2D eigenvalue weighted by molar-refractivity contribution is 1.31. The molecule has 176 valence electrons. The second-order valence-corrected chi connectivity index (χ2v) is 11.3. The molecule has 2 aromatic heterocycles. The maximum Gasteiger partial charge on any atom is 0.0640 e. The average molecular weight is 567 g/mol. The second-order valence-electron chi connectivity index (χ2n) is 8.33. The number of anilines is 3. The summed E-state index contributed by atoms with van der Waals surface area (Å²) < 4.78 is 6.36. The van der Waals surface area contributed by atoms with Crippen molar-refractivity contribution >= 4 is 96.0 Å². The smallest absolute Gasteiger partial charge is 0.0640 e. The number of rotatable bonds is 3. The van der Waals surface area contributed by atoms with Crippen molar-refractivity contribution in [2.75, 3.05) is 4.90 Å². The third kappa shape index (κ3) is 3.81. The summed E-state index contributed by atoms with van der Waals surface area (Å²) in [5.41, 5.74) is 3.51. The third-order valence-corrected chi connectivity index (χ3v) is 9.63. The van der Waals surface area contributed by atoms with Crippen LogP contribution >= 0.6 is 38.6 Å². The summed E-state index contributed by atoms with van der Waals surface area (Å²) in [4.78, 5) is 2.40. The van der Waals surface area contributed by atoms with E-state index < -0.39 is 0 Å². The number of hydrogen-bond acceptors (Lipinski definition) is 3. The summed E-state index contributed by atoms with van der Waals surface area (Å²) in [5, 5.41) is 5.21. The van der Waals surface area contributed by atoms with E-state index in [4.69, 9.17) is 0 Å². The van der Waals surface area contributed by atoms with Gasteiger partial charge in [-0.15, -0.1) is 22.7 Å². The molecule has 0 N–H and O–H groups in total. The molecule has 4 heteroatoms. The highest BCUT2D eigenvalue weighted by Crippen LogP contribution is 2.47. The standard InChI is InChI=1S/C30H18BrNS2.C2H6/c31-25-18-20(17-24-22-12-5-7-16-28(22)33-29(24)25)32(19-9-2-1-3-10-19)26-14-8-13-23-21-11-4-6-15-27(21)34-30(23)26;1-2/h1-18H;1-2H3. The van der Waals surface area contributed by atoms with Crippen molar-refractivity contribution in [3.8, 4) is 0 Å². The number of halogens is 1. The lowest BCUT2D eigenvalue weighted by Gasteiger charge is -2.26. The van der Waals surface area contributed by atoms with Crippen LogP contribution in [0.25, 0.3) is 40.3 Å². The summed E-state index contributed by atoms with van der Waals surface area (Å²) in [6.45, 7) is 4.00. The normalized spacial score (nSPS) is 11.2. The van der Waals surface area contributed by atoms with Gasteiger partial charge in [-0.2, -0.15) is 0 Å². The molecule has 0 saturated heterocycles. The van der Waals surface area contributed by atoms with E-state index in [1.807, 2.05) is 36.5 Å². The summed E-state index contributed by atoms with van der Waals surface area (Å²) in [5.74, 6) is 0. The van der Waals surface area contributed by atoms with E-state index in [1.165, 1.54) is 46.0 Å². The van der Waals surface area contributed by atoms with Gasteiger partial charge in [0.1, 0.15) is 0 Å². The van der Waals surface area contributed by atoms with Crippen molar-refractivity contribution in [2.24, 2.45) is 0 Å². The largest absolute Gasteiger partial charge is 0.309 e. The Morgan fingerprint density at radius 3 is 1.83 bits per heavy atom. The summed E-state index contributed by atoms with van der Waals surface area (Å²) in [7, 11) is 0. The van der Waals surface area contributed by atoms with Crippen molar-refractivity contribution in [1.82, 2.24) is 0 Å². The van der Waals surface area contributed by atoms with Gasteiger partial charge in [-0.25, -0.2) is 0 Å². The van der Waals surface area contributed by atoms with Gasteiger partial charge in [0.25, 0.3) is 0 Å². The predicted molar refractivity (Wildman–Crippen MR) is 166 cm³/mol. The van der Waals surface area contributed by atoms with Crippen LogP contribution in [0, 0.1) is 0 Å². The molecule has 0 atom stereocenters. The van der Waals surface area contributed by atoms with E-state index in [0.717, 1.165) is 15.8 Å². The molecule has 0 aliphatic heterocycles. The molecule has 7 rings (SSSR count). The van der Waals surface area contributed by atoms with Crippen LogP contribution in [0.1, 0.15) is 13.8 Å². The van der Waals surface area contributed by atoms with Crippen molar-refractivity contribution in [3.63, 3.8) is 0 Å². The zero-order valence-electron chi connectivity index (χ0n) is 20.0. The van der Waals surface area contributed by atoms with Gasteiger partial charge >= 0.3 is 0 Å². The zero-order chi connectivity index (χ0) is 24.6. The van der Waals surface area contributed by atoms with Gasteiger partial charge in [0.05, 0.1) is 10.4 Å². The molecule has 0 unspecified atom stereocenters. The van der Waals surface area contributed by atoms with Crippen LogP contribution < -0.4 is 4.90 Å². The fourth-order valence-corrected chi connectivity index (χ4v) is 7.80. The predicted octanol–water partition coefficient (Wildman–Crippen LogP) is 11.7. The first-order valence-electron chi connectivity index (χ1n) is 12.1. The van der Waals surface area contributed by atoms with E-state index in [9.17, 15) is 0 Å². The molecule has 0 amide bonds. The van der Waals surface area contributed by atoms with Crippen LogP contribution in [0.5, 0.6) is 0 Å². The Hall–Kier alpha value is -3.18. The number of nitrogens with zero attached hydrogens (tertiary/aromatic N) is 1. The van der Waals surface area contributed by atoms with Gasteiger partial charge in [0.2, 0.25) is 0 Å². The van der Waals surface area contributed by atoms with Crippen molar-refractivity contribution in [1.29, 1.82) is 0 Å². The highest BCUT2D eigenvalue weighted by atomic mass is 79.9. The fourth-order valence-electron chi connectivity index (χ4n) is 4.81. The molecule has 7 aromatic rings. The molecule has 0 saturated carbocycles. The molecule has 0 radical (unpaired) electrons. The molecule has 0 fully saturated rings. The molecular formula is C32H24BrNS2. The maximum atomic E-state index is 3.90. The SMILES string of the molecule is Brc1cc(N(c2ccccc2)c2cccc3c2sc2ccccc23)cc2c1sc1ccccc12.CC. The second kappa shape index (κ2) is 9.70. The molecule has 0 spiro atoms. The minimum absolute atomic E-state index is 1.13. The van der Waals surface area contributed by atoms with Crippen molar-refractivity contribution in [2.45, 2.75) is 13.8 Å². The Labute approximate surface area is 227 Å². The zero-order valence-corrected chi connectivity index (χ0v) is 23.3. The summed E-state index contributed by atoms with van der Waals surface area (Å²) in [6, 6.07) is 39.3. The lowest BCUT2D eigenvalue weighted by Crippen LogP contribution is -2.10. The van der Waals surface area contributed by atoms with E-state index in [2.05, 4.69) is 130 Å². The van der Waals surface area contributed by atoms with E-state index in [0.29, 0.717) is 0 Å². The molecule has 36 heavy (non-hydrogen) atoms. The Kier molecular flexibility index (Phi) is 6.26. The van der Waals surface area contributed by atoms with E-state index >= 15 is 0 Å². The van der Waals surface area contributed by atoms with Crippen LogP contribution in [0.2, 0.25) is 0 Å². The summed E-state index contributed by atoms with van der Waals surface area (Å²) in [6.07, 6.45) is 0. The van der Waals surface area contributed by atoms with Crippen LogP contribution in [-0.4, -0.2) is 0 Å². The van der Waals surface area contributed by atoms with Crippen LogP contribution in [0.4, 0.5) is 17.1 Å². The summed E-state index contributed by atoms with van der Waals surface area (Å²) >= 11 is 7.61. The van der Waals surface area contributed by atoms with Gasteiger partial charge < -0.3 is 4.90 Å². The number of thiophene rings is 2. The monoisotopic (exact) mass is 565 g/mol. The number of fused-ring (bicyclic) bond motifs is 6. The van der Waals surface area contributed by atoms with Gasteiger partial charge in [0, 0.05) is 51.5 Å². The van der Waals surface area contributed by atoms with Gasteiger partial charge in [-0.3, -0.25) is 0 Å². The maximum absolute atomic E-state index is 3.90. The Balaban J connectivity index is 0.00000117. The first-order valence-corrected chi connectivity index (χ1v) is 14.6. The third-order valence-electron chi connectivity index (χ3n) is 6.31. The Bertz CT molecular complexity index is 1830. The van der Waals surface area contributed by atoms with Crippen LogP contribution in [-0.2, 0) is 0 Å². The van der Waals surface area contributed by atoms with Gasteiger partial charge in [-0.05, 0) is 58.4 Å². The molecule has 0 bridgehead atoms. The van der Waals surface area contributed by atoms with Gasteiger partial charge in [-0.1, -0.05) is 80.6 Å².